The van der Waals surface area contributed by atoms with Gasteiger partial charge in [-0.25, -0.2) is 4.79 Å². The third-order valence-electron chi connectivity index (χ3n) is 3.72. The molecule has 5 heteroatoms. The van der Waals surface area contributed by atoms with Gasteiger partial charge in [-0.15, -0.1) is 0 Å². The average Bonchev–Trinajstić information content (AvgIpc) is 2.34. The predicted molar refractivity (Wildman–Crippen MR) is 91.9 cm³/mol. The van der Waals surface area contributed by atoms with Crippen molar-refractivity contribution < 1.29 is 9.53 Å². The molecule has 2 rings (SSSR count). The molecule has 0 radical (unpaired) electrons. The predicted octanol–water partition coefficient (Wildman–Crippen LogP) is 4.16. The van der Waals surface area contributed by atoms with Crippen LogP contribution < -0.4 is 10.6 Å². The zero-order chi connectivity index (χ0) is 16.3. The van der Waals surface area contributed by atoms with Crippen molar-refractivity contribution in [2.75, 3.05) is 0 Å². The summed E-state index contributed by atoms with van der Waals surface area (Å²) in [5, 5.41) is 6.52. The molecule has 1 atom stereocenters. The van der Waals surface area contributed by atoms with Crippen LogP contribution in [-0.2, 0) is 4.74 Å². The van der Waals surface area contributed by atoms with Gasteiger partial charge < -0.3 is 15.4 Å². The topological polar surface area (TPSA) is 50.4 Å². The Bertz CT molecular complexity index is 522. The minimum absolute atomic E-state index is 0.207. The minimum Gasteiger partial charge on any atom is -0.444 e. The minimum atomic E-state index is -0.445. The van der Waals surface area contributed by atoms with Crippen LogP contribution >= 0.6 is 15.9 Å². The largest absolute Gasteiger partial charge is 0.444 e. The number of carbonyl (C=O) groups is 1. The second-order valence-electron chi connectivity index (χ2n) is 6.92. The van der Waals surface area contributed by atoms with Gasteiger partial charge in [-0.05, 0) is 52.2 Å². The highest BCUT2D eigenvalue weighted by molar-refractivity contribution is 9.10. The van der Waals surface area contributed by atoms with E-state index in [0.29, 0.717) is 6.04 Å². The fourth-order valence-electron chi connectivity index (χ4n) is 2.62. The fraction of sp³-hybridized carbons (Fsp3) is 0.588. The number of halogens is 1. The molecule has 1 aromatic rings. The number of benzene rings is 1. The van der Waals surface area contributed by atoms with Crippen molar-refractivity contribution in [3.8, 4) is 0 Å². The number of amides is 1. The van der Waals surface area contributed by atoms with Crippen molar-refractivity contribution in [3.05, 3.63) is 34.3 Å². The van der Waals surface area contributed by atoms with Gasteiger partial charge in [0.25, 0.3) is 0 Å². The maximum Gasteiger partial charge on any atom is 0.407 e. The van der Waals surface area contributed by atoms with Crippen LogP contribution in [0.5, 0.6) is 0 Å². The van der Waals surface area contributed by atoms with Gasteiger partial charge in [-0.2, -0.15) is 0 Å². The summed E-state index contributed by atoms with van der Waals surface area (Å²) >= 11 is 3.59. The second kappa shape index (κ2) is 7.01. The van der Waals surface area contributed by atoms with Crippen LogP contribution in [0.15, 0.2) is 28.7 Å². The molecule has 0 saturated heterocycles. The van der Waals surface area contributed by atoms with Gasteiger partial charge in [-0.1, -0.05) is 34.1 Å². The van der Waals surface area contributed by atoms with Gasteiger partial charge in [0.1, 0.15) is 5.60 Å². The average molecular weight is 369 g/mol. The third kappa shape index (κ3) is 4.99. The lowest BCUT2D eigenvalue weighted by molar-refractivity contribution is 0.0463. The van der Waals surface area contributed by atoms with E-state index in [1.807, 2.05) is 32.9 Å². The zero-order valence-corrected chi connectivity index (χ0v) is 15.2. The van der Waals surface area contributed by atoms with Gasteiger partial charge in [-0.3, -0.25) is 0 Å². The molecule has 1 saturated carbocycles. The van der Waals surface area contributed by atoms with Crippen LogP contribution in [0.25, 0.3) is 0 Å². The van der Waals surface area contributed by atoms with Crippen LogP contribution in [0.4, 0.5) is 4.79 Å². The van der Waals surface area contributed by atoms with E-state index in [4.69, 9.17) is 4.74 Å². The number of carbonyl (C=O) groups excluding carboxylic acids is 1. The maximum absolute atomic E-state index is 11.7. The van der Waals surface area contributed by atoms with Gasteiger partial charge in [0.2, 0.25) is 0 Å². The van der Waals surface area contributed by atoms with E-state index in [1.165, 1.54) is 5.56 Å². The Balaban J connectivity index is 1.73. The van der Waals surface area contributed by atoms with E-state index in [0.717, 1.165) is 17.3 Å². The standard InChI is InChI=1S/C17H25BrN2O2/c1-11(14-7-5-6-8-15(14)18)19-12-9-13(10-12)20-16(21)22-17(2,3)4/h5-8,11-13,19H,9-10H2,1-4H3,(H,20,21)/t11-,12?,13?/m1/s1. The molecule has 4 nitrogen and oxygen atoms in total. The first-order chi connectivity index (χ1) is 10.2. The van der Waals surface area contributed by atoms with Crippen LogP contribution in [0.3, 0.4) is 0 Å². The van der Waals surface area contributed by atoms with E-state index < -0.39 is 5.60 Å². The van der Waals surface area contributed by atoms with Gasteiger partial charge in [0.15, 0.2) is 0 Å². The molecular weight excluding hydrogens is 344 g/mol. The van der Waals surface area contributed by atoms with Crippen molar-refractivity contribution in [2.45, 2.75) is 64.3 Å². The second-order valence-corrected chi connectivity index (χ2v) is 7.78. The molecule has 2 N–H and O–H groups in total. The summed E-state index contributed by atoms with van der Waals surface area (Å²) in [6.07, 6.45) is 1.55. The van der Waals surface area contributed by atoms with Gasteiger partial charge >= 0.3 is 6.09 Å². The Morgan fingerprint density at radius 2 is 1.91 bits per heavy atom. The molecular formula is C17H25BrN2O2. The molecule has 1 fully saturated rings. The molecule has 1 aliphatic rings. The summed E-state index contributed by atoms with van der Waals surface area (Å²) in [4.78, 5) is 11.7. The molecule has 0 heterocycles. The van der Waals surface area contributed by atoms with Crippen molar-refractivity contribution >= 4 is 22.0 Å². The summed E-state index contributed by atoms with van der Waals surface area (Å²) < 4.78 is 6.39. The molecule has 0 aliphatic heterocycles. The first-order valence-electron chi connectivity index (χ1n) is 7.74. The number of alkyl carbamates (subject to hydrolysis) is 1. The molecule has 0 aromatic heterocycles. The summed E-state index contributed by atoms with van der Waals surface area (Å²) in [6, 6.07) is 9.16. The molecule has 1 amide bonds. The van der Waals surface area contributed by atoms with E-state index in [9.17, 15) is 4.79 Å². The van der Waals surface area contributed by atoms with Crippen molar-refractivity contribution in [3.63, 3.8) is 0 Å². The molecule has 22 heavy (non-hydrogen) atoms. The number of hydrogen-bond donors (Lipinski definition) is 2. The highest BCUT2D eigenvalue weighted by Crippen LogP contribution is 2.27. The highest BCUT2D eigenvalue weighted by atomic mass is 79.9. The molecule has 122 valence electrons. The Labute approximate surface area is 141 Å². The number of hydrogen-bond acceptors (Lipinski definition) is 3. The van der Waals surface area contributed by atoms with Gasteiger partial charge in [0.05, 0.1) is 0 Å². The monoisotopic (exact) mass is 368 g/mol. The van der Waals surface area contributed by atoms with Crippen LogP contribution in [0.2, 0.25) is 0 Å². The fourth-order valence-corrected chi connectivity index (χ4v) is 3.24. The highest BCUT2D eigenvalue weighted by Gasteiger charge is 2.32. The quantitative estimate of drug-likeness (QED) is 0.838. The lowest BCUT2D eigenvalue weighted by Crippen LogP contribution is -2.53. The van der Waals surface area contributed by atoms with E-state index >= 15 is 0 Å². The first-order valence-corrected chi connectivity index (χ1v) is 8.54. The Hall–Kier alpha value is -1.07. The van der Waals surface area contributed by atoms with Crippen molar-refractivity contribution in [2.24, 2.45) is 0 Å². The molecule has 0 spiro atoms. The first kappa shape index (κ1) is 17.3. The van der Waals surface area contributed by atoms with E-state index in [-0.39, 0.29) is 18.2 Å². The van der Waals surface area contributed by atoms with E-state index in [1.54, 1.807) is 0 Å². The lowest BCUT2D eigenvalue weighted by atomic mass is 9.86. The van der Waals surface area contributed by atoms with Crippen molar-refractivity contribution in [1.82, 2.24) is 10.6 Å². The van der Waals surface area contributed by atoms with E-state index in [2.05, 4.69) is 45.6 Å². The number of nitrogens with one attached hydrogen (secondary N) is 2. The normalized spacial score (nSPS) is 22.6. The SMILES string of the molecule is C[C@@H](NC1CC(NC(=O)OC(C)(C)C)C1)c1ccccc1Br. The summed E-state index contributed by atoms with van der Waals surface area (Å²) in [7, 11) is 0. The lowest BCUT2D eigenvalue weighted by Gasteiger charge is -2.38. The summed E-state index contributed by atoms with van der Waals surface area (Å²) in [5.74, 6) is 0. The van der Waals surface area contributed by atoms with Crippen LogP contribution in [-0.4, -0.2) is 23.8 Å². The molecule has 1 aliphatic carbocycles. The van der Waals surface area contributed by atoms with Gasteiger partial charge in [0, 0.05) is 22.6 Å². The summed E-state index contributed by atoms with van der Waals surface area (Å²) in [6.45, 7) is 7.78. The van der Waals surface area contributed by atoms with Crippen LogP contribution in [0, 0.1) is 0 Å². The number of ether oxygens (including phenoxy) is 1. The smallest absolute Gasteiger partial charge is 0.407 e. The molecule has 0 bridgehead atoms. The third-order valence-corrected chi connectivity index (χ3v) is 4.44. The Kier molecular flexibility index (Phi) is 5.50. The number of rotatable bonds is 4. The molecule has 1 aromatic carbocycles. The van der Waals surface area contributed by atoms with Crippen molar-refractivity contribution in [1.29, 1.82) is 0 Å². The maximum atomic E-state index is 11.7. The molecule has 0 unspecified atom stereocenters. The Morgan fingerprint density at radius 3 is 2.50 bits per heavy atom. The summed E-state index contributed by atoms with van der Waals surface area (Å²) in [5.41, 5.74) is 0.811. The Morgan fingerprint density at radius 1 is 1.27 bits per heavy atom. The zero-order valence-electron chi connectivity index (χ0n) is 13.7. The van der Waals surface area contributed by atoms with Crippen LogP contribution in [0.1, 0.15) is 52.1 Å².